The molecule has 1 aliphatic heterocycles. The average molecular weight is 263 g/mol. The van der Waals surface area contributed by atoms with Gasteiger partial charge in [-0.1, -0.05) is 30.3 Å². The number of hydrogen-bond donors (Lipinski definition) is 2. The second kappa shape index (κ2) is 5.84. The molecule has 1 aromatic rings. The van der Waals surface area contributed by atoms with Gasteiger partial charge in [0.2, 0.25) is 0 Å². The number of carboxylic acids is 2. The molecule has 2 rings (SSSR count). The van der Waals surface area contributed by atoms with Gasteiger partial charge in [-0.2, -0.15) is 0 Å². The van der Waals surface area contributed by atoms with Gasteiger partial charge in [0.1, 0.15) is 6.04 Å². The van der Waals surface area contributed by atoms with Crippen molar-refractivity contribution in [2.45, 2.75) is 18.9 Å². The first kappa shape index (κ1) is 13.5. The Hall–Kier alpha value is -1.88. The lowest BCUT2D eigenvalue weighted by Gasteiger charge is -2.35. The number of nitrogens with zero attached hydrogens (tertiary/aromatic N) is 1. The van der Waals surface area contributed by atoms with Gasteiger partial charge in [0.25, 0.3) is 0 Å². The molecule has 19 heavy (non-hydrogen) atoms. The molecule has 5 heteroatoms. The summed E-state index contributed by atoms with van der Waals surface area (Å²) in [5, 5.41) is 18.5. The molecule has 0 bridgehead atoms. The van der Waals surface area contributed by atoms with Crippen LogP contribution < -0.4 is 0 Å². The summed E-state index contributed by atoms with van der Waals surface area (Å²) in [4.78, 5) is 24.3. The maximum absolute atomic E-state index is 11.5. The van der Waals surface area contributed by atoms with Gasteiger partial charge >= 0.3 is 11.9 Å². The summed E-state index contributed by atoms with van der Waals surface area (Å²) in [6.07, 6.45) is 1.33. The van der Waals surface area contributed by atoms with Crippen molar-refractivity contribution in [1.82, 2.24) is 4.90 Å². The number of rotatable bonds is 4. The first-order chi connectivity index (χ1) is 9.09. The van der Waals surface area contributed by atoms with Gasteiger partial charge in [-0.05, 0) is 24.9 Å². The molecule has 1 heterocycles. The van der Waals surface area contributed by atoms with Gasteiger partial charge in [-0.25, -0.2) is 0 Å². The van der Waals surface area contributed by atoms with Crippen LogP contribution >= 0.6 is 0 Å². The predicted octanol–water partition coefficient (Wildman–Crippen LogP) is 1.61. The lowest BCUT2D eigenvalue weighted by Crippen LogP contribution is -2.43. The van der Waals surface area contributed by atoms with Crippen molar-refractivity contribution in [3.63, 3.8) is 0 Å². The minimum absolute atomic E-state index is 0.293. The van der Waals surface area contributed by atoms with E-state index in [2.05, 4.69) is 0 Å². The van der Waals surface area contributed by atoms with Gasteiger partial charge in [0, 0.05) is 6.54 Å². The van der Waals surface area contributed by atoms with E-state index in [1.54, 1.807) is 29.2 Å². The Bertz CT molecular complexity index is 460. The van der Waals surface area contributed by atoms with Crippen LogP contribution in [0.15, 0.2) is 30.3 Å². The van der Waals surface area contributed by atoms with Gasteiger partial charge in [0.05, 0.1) is 5.92 Å². The largest absolute Gasteiger partial charge is 0.481 e. The molecule has 102 valence electrons. The van der Waals surface area contributed by atoms with Gasteiger partial charge in [0.15, 0.2) is 0 Å². The lowest BCUT2D eigenvalue weighted by atomic mass is 9.95. The van der Waals surface area contributed by atoms with Crippen LogP contribution in [0.1, 0.15) is 24.4 Å². The van der Waals surface area contributed by atoms with Crippen LogP contribution in [0, 0.1) is 5.92 Å². The molecular formula is C14H17NO4. The van der Waals surface area contributed by atoms with Crippen molar-refractivity contribution < 1.29 is 19.8 Å². The Kier molecular flexibility index (Phi) is 4.16. The van der Waals surface area contributed by atoms with Crippen molar-refractivity contribution >= 4 is 11.9 Å². The summed E-state index contributed by atoms with van der Waals surface area (Å²) in [5.41, 5.74) is 0.695. The van der Waals surface area contributed by atoms with Crippen molar-refractivity contribution in [2.24, 2.45) is 5.92 Å². The number of carboxylic acid groups (broad SMARTS) is 2. The van der Waals surface area contributed by atoms with Gasteiger partial charge in [-0.15, -0.1) is 0 Å². The molecule has 0 aliphatic carbocycles. The molecule has 1 aromatic carbocycles. The molecule has 0 aromatic heterocycles. The smallest absolute Gasteiger partial charge is 0.325 e. The predicted molar refractivity (Wildman–Crippen MR) is 68.8 cm³/mol. The second-order valence-electron chi connectivity index (χ2n) is 4.82. The number of piperidine rings is 1. The highest BCUT2D eigenvalue weighted by Crippen LogP contribution is 2.27. The Balaban J connectivity index is 2.20. The molecule has 0 unspecified atom stereocenters. The van der Waals surface area contributed by atoms with Crippen LogP contribution in [0.2, 0.25) is 0 Å². The van der Waals surface area contributed by atoms with Crippen LogP contribution in [0.4, 0.5) is 0 Å². The third kappa shape index (κ3) is 3.12. The van der Waals surface area contributed by atoms with E-state index >= 15 is 0 Å². The van der Waals surface area contributed by atoms with E-state index in [4.69, 9.17) is 5.11 Å². The lowest BCUT2D eigenvalue weighted by molar-refractivity contribution is -0.149. The quantitative estimate of drug-likeness (QED) is 0.863. The fourth-order valence-corrected chi connectivity index (χ4v) is 2.59. The fraction of sp³-hybridized carbons (Fsp3) is 0.429. The SMILES string of the molecule is O=C(O)[C@@H]1CCCN([C@@H](C(=O)O)c2ccccc2)C1. The zero-order valence-electron chi connectivity index (χ0n) is 10.5. The highest BCUT2D eigenvalue weighted by molar-refractivity contribution is 5.76. The van der Waals surface area contributed by atoms with E-state index < -0.39 is 23.9 Å². The van der Waals surface area contributed by atoms with E-state index in [1.165, 1.54) is 0 Å². The highest BCUT2D eigenvalue weighted by Gasteiger charge is 2.33. The summed E-state index contributed by atoms with van der Waals surface area (Å²) in [5.74, 6) is -2.25. The molecule has 5 nitrogen and oxygen atoms in total. The summed E-state index contributed by atoms with van der Waals surface area (Å²) in [6, 6.07) is 8.20. The topological polar surface area (TPSA) is 77.8 Å². The zero-order chi connectivity index (χ0) is 13.8. The van der Waals surface area contributed by atoms with Crippen LogP contribution in [-0.2, 0) is 9.59 Å². The first-order valence-electron chi connectivity index (χ1n) is 6.34. The Morgan fingerprint density at radius 2 is 1.89 bits per heavy atom. The number of likely N-dealkylation sites (tertiary alicyclic amines) is 1. The third-order valence-electron chi connectivity index (χ3n) is 3.52. The molecule has 1 fully saturated rings. The van der Waals surface area contributed by atoms with E-state index in [9.17, 15) is 14.7 Å². The van der Waals surface area contributed by atoms with Crippen LogP contribution in [0.3, 0.4) is 0 Å². The monoisotopic (exact) mass is 263 g/mol. The van der Waals surface area contributed by atoms with Crippen LogP contribution in [-0.4, -0.2) is 40.1 Å². The molecule has 0 amide bonds. The maximum atomic E-state index is 11.5. The molecule has 2 atom stereocenters. The number of benzene rings is 1. The van der Waals surface area contributed by atoms with E-state index in [0.29, 0.717) is 31.5 Å². The van der Waals surface area contributed by atoms with Gasteiger partial charge < -0.3 is 10.2 Å². The Morgan fingerprint density at radius 3 is 2.47 bits per heavy atom. The van der Waals surface area contributed by atoms with Crippen molar-refractivity contribution in [2.75, 3.05) is 13.1 Å². The Labute approximate surface area is 111 Å². The first-order valence-corrected chi connectivity index (χ1v) is 6.34. The standard InChI is InChI=1S/C14H17NO4/c16-13(17)11-7-4-8-15(9-11)12(14(18)19)10-5-2-1-3-6-10/h1-3,5-6,11-12H,4,7-9H2,(H,16,17)(H,18,19)/t11-,12-/m1/s1. The molecule has 1 aliphatic rings. The molecular weight excluding hydrogens is 246 g/mol. The Morgan fingerprint density at radius 1 is 1.21 bits per heavy atom. The summed E-state index contributed by atoms with van der Waals surface area (Å²) >= 11 is 0. The third-order valence-corrected chi connectivity index (χ3v) is 3.52. The highest BCUT2D eigenvalue weighted by atomic mass is 16.4. The van der Waals surface area contributed by atoms with Gasteiger partial charge in [-0.3, -0.25) is 14.5 Å². The molecule has 0 saturated carbocycles. The number of hydrogen-bond acceptors (Lipinski definition) is 3. The fourth-order valence-electron chi connectivity index (χ4n) is 2.59. The molecule has 2 N–H and O–H groups in total. The summed E-state index contributed by atoms with van der Waals surface area (Å²) < 4.78 is 0. The van der Waals surface area contributed by atoms with Crippen LogP contribution in [0.5, 0.6) is 0 Å². The van der Waals surface area contributed by atoms with E-state index in [-0.39, 0.29) is 0 Å². The average Bonchev–Trinajstić information content (AvgIpc) is 2.40. The van der Waals surface area contributed by atoms with Crippen molar-refractivity contribution in [3.8, 4) is 0 Å². The maximum Gasteiger partial charge on any atom is 0.325 e. The second-order valence-corrected chi connectivity index (χ2v) is 4.82. The minimum Gasteiger partial charge on any atom is -0.481 e. The minimum atomic E-state index is -0.933. The number of carbonyl (C=O) groups is 2. The summed E-state index contributed by atoms with van der Waals surface area (Å²) in [7, 11) is 0. The van der Waals surface area contributed by atoms with E-state index in [1.807, 2.05) is 6.07 Å². The number of aliphatic carboxylic acids is 2. The molecule has 0 spiro atoms. The van der Waals surface area contributed by atoms with Crippen molar-refractivity contribution in [1.29, 1.82) is 0 Å². The molecule has 1 saturated heterocycles. The normalized spacial score (nSPS) is 21.8. The molecule has 0 radical (unpaired) electrons. The van der Waals surface area contributed by atoms with Crippen LogP contribution in [0.25, 0.3) is 0 Å². The van der Waals surface area contributed by atoms with Crippen molar-refractivity contribution in [3.05, 3.63) is 35.9 Å². The summed E-state index contributed by atoms with van der Waals surface area (Å²) in [6.45, 7) is 0.914. The van der Waals surface area contributed by atoms with E-state index in [0.717, 1.165) is 0 Å². The zero-order valence-corrected chi connectivity index (χ0v) is 10.5.